The van der Waals surface area contributed by atoms with Crippen LogP contribution in [0.2, 0.25) is 5.02 Å². The largest absolute Gasteiger partial charge is 0.493 e. The van der Waals surface area contributed by atoms with Crippen molar-refractivity contribution in [2.24, 2.45) is 0 Å². The van der Waals surface area contributed by atoms with Crippen molar-refractivity contribution in [1.82, 2.24) is 0 Å². The number of carboxylic acids is 1. The first-order valence-corrected chi connectivity index (χ1v) is 11.4. The Hall–Kier alpha value is -2.70. The van der Waals surface area contributed by atoms with E-state index in [9.17, 15) is 9.90 Å². The van der Waals surface area contributed by atoms with Gasteiger partial charge in [-0.3, -0.25) is 0 Å². The van der Waals surface area contributed by atoms with Gasteiger partial charge in [-0.1, -0.05) is 48.0 Å². The Morgan fingerprint density at radius 3 is 2.44 bits per heavy atom. The highest BCUT2D eigenvalue weighted by atomic mass is 79.9. The summed E-state index contributed by atoms with van der Waals surface area (Å²) in [4.78, 5) is 12.3. The summed E-state index contributed by atoms with van der Waals surface area (Å²) < 4.78 is 12.2. The van der Waals surface area contributed by atoms with Gasteiger partial charge in [0.05, 0.1) is 19.4 Å². The van der Waals surface area contributed by atoms with Crippen molar-refractivity contribution in [2.75, 3.05) is 19.0 Å². The normalized spacial score (nSPS) is 14.0. The third-order valence-electron chi connectivity index (χ3n) is 5.68. The zero-order valence-corrected chi connectivity index (χ0v) is 19.9. The van der Waals surface area contributed by atoms with E-state index in [2.05, 4.69) is 21.2 Å². The topological polar surface area (TPSA) is 67.8 Å². The van der Waals surface area contributed by atoms with Gasteiger partial charge in [-0.05, 0) is 44.8 Å². The van der Waals surface area contributed by atoms with E-state index >= 15 is 0 Å². The second-order valence-corrected chi connectivity index (χ2v) is 9.14. The van der Waals surface area contributed by atoms with Crippen LogP contribution in [0.3, 0.4) is 0 Å². The monoisotopic (exact) mass is 515 g/mol. The summed E-state index contributed by atoms with van der Waals surface area (Å²) in [7, 11) is 1.57. The van der Waals surface area contributed by atoms with Gasteiger partial charge < -0.3 is 19.9 Å². The van der Waals surface area contributed by atoms with Crippen LogP contribution in [0.4, 0.5) is 5.69 Å². The third kappa shape index (κ3) is 4.71. The summed E-state index contributed by atoms with van der Waals surface area (Å²) in [5.74, 6) is 0.212. The molecular weight excluding hydrogens is 494 g/mol. The van der Waals surface area contributed by atoms with Gasteiger partial charge >= 0.3 is 5.97 Å². The van der Waals surface area contributed by atoms with Gasteiger partial charge in [0.2, 0.25) is 0 Å². The van der Waals surface area contributed by atoms with Crippen molar-refractivity contribution in [3.8, 4) is 11.5 Å². The average molecular weight is 517 g/mol. The molecule has 2 N–H and O–H groups in total. The SMILES string of the molecule is COc1cc(Br)c(NC2(C(=O)O)Cc3ccccc3C2)cc1OCCc1cccc(Cl)c1. The molecule has 4 rings (SSSR count). The minimum absolute atomic E-state index is 0.405. The molecule has 0 atom stereocenters. The number of rotatable bonds is 8. The number of benzene rings is 3. The van der Waals surface area contributed by atoms with Gasteiger partial charge in [0, 0.05) is 40.9 Å². The first-order chi connectivity index (χ1) is 15.4. The number of halogens is 2. The zero-order valence-electron chi connectivity index (χ0n) is 17.5. The molecule has 3 aromatic rings. The van der Waals surface area contributed by atoms with Crippen LogP contribution in [0.5, 0.6) is 11.5 Å². The Bertz CT molecular complexity index is 1130. The molecule has 5 nitrogen and oxygen atoms in total. The zero-order chi connectivity index (χ0) is 22.7. The molecule has 32 heavy (non-hydrogen) atoms. The van der Waals surface area contributed by atoms with E-state index in [4.69, 9.17) is 21.1 Å². The first-order valence-electron chi connectivity index (χ1n) is 10.2. The van der Waals surface area contributed by atoms with Crippen LogP contribution < -0.4 is 14.8 Å². The number of anilines is 1. The summed E-state index contributed by atoms with van der Waals surface area (Å²) in [5.41, 5.74) is 2.67. The Morgan fingerprint density at radius 2 is 1.81 bits per heavy atom. The molecule has 0 aromatic heterocycles. The van der Waals surface area contributed by atoms with E-state index in [1.54, 1.807) is 19.2 Å². The molecule has 0 heterocycles. The predicted octanol–water partition coefficient (Wildman–Crippen LogP) is 5.77. The lowest BCUT2D eigenvalue weighted by molar-refractivity contribution is -0.142. The molecule has 166 valence electrons. The van der Waals surface area contributed by atoms with Gasteiger partial charge in [0.25, 0.3) is 0 Å². The van der Waals surface area contributed by atoms with Gasteiger partial charge in [0.1, 0.15) is 5.54 Å². The number of methoxy groups -OCH3 is 1. The number of hydrogen-bond donors (Lipinski definition) is 2. The van der Waals surface area contributed by atoms with Crippen molar-refractivity contribution >= 4 is 39.2 Å². The Balaban J connectivity index is 1.55. The molecule has 0 amide bonds. The second-order valence-electron chi connectivity index (χ2n) is 7.85. The Kier molecular flexibility index (Phi) is 6.63. The second kappa shape index (κ2) is 9.43. The minimum atomic E-state index is -1.13. The van der Waals surface area contributed by atoms with Gasteiger partial charge in [-0.15, -0.1) is 0 Å². The fourth-order valence-electron chi connectivity index (χ4n) is 4.04. The Labute approximate surface area is 200 Å². The molecule has 0 aliphatic heterocycles. The predicted molar refractivity (Wildman–Crippen MR) is 129 cm³/mol. The lowest BCUT2D eigenvalue weighted by Gasteiger charge is -2.28. The summed E-state index contributed by atoms with van der Waals surface area (Å²) >= 11 is 9.60. The summed E-state index contributed by atoms with van der Waals surface area (Å²) in [5, 5.41) is 14.1. The minimum Gasteiger partial charge on any atom is -0.493 e. The molecule has 7 heteroatoms. The maximum Gasteiger partial charge on any atom is 0.330 e. The van der Waals surface area contributed by atoms with E-state index < -0.39 is 11.5 Å². The highest BCUT2D eigenvalue weighted by Crippen LogP contribution is 2.40. The van der Waals surface area contributed by atoms with E-state index in [1.807, 2.05) is 48.5 Å². The first kappa shape index (κ1) is 22.5. The van der Waals surface area contributed by atoms with Crippen LogP contribution in [0.25, 0.3) is 0 Å². The van der Waals surface area contributed by atoms with Crippen molar-refractivity contribution in [1.29, 1.82) is 0 Å². The van der Waals surface area contributed by atoms with Gasteiger partial charge in [-0.2, -0.15) is 0 Å². The molecule has 1 aliphatic rings. The number of aliphatic carboxylic acids is 1. The van der Waals surface area contributed by atoms with Crippen LogP contribution in [0, 0.1) is 0 Å². The molecule has 0 saturated carbocycles. The summed E-state index contributed by atoms with van der Waals surface area (Å²) in [6, 6.07) is 19.1. The molecule has 0 radical (unpaired) electrons. The van der Waals surface area contributed by atoms with E-state index in [-0.39, 0.29) is 0 Å². The average Bonchev–Trinajstić information content (AvgIpc) is 3.15. The quantitative estimate of drug-likeness (QED) is 0.398. The number of fused-ring (bicyclic) bond motifs is 1. The van der Waals surface area contributed by atoms with E-state index in [1.165, 1.54) is 0 Å². The van der Waals surface area contributed by atoms with Crippen molar-refractivity contribution in [2.45, 2.75) is 24.8 Å². The van der Waals surface area contributed by atoms with E-state index in [0.29, 0.717) is 52.6 Å². The number of carboxylic acid groups (broad SMARTS) is 1. The van der Waals surface area contributed by atoms with Crippen molar-refractivity contribution in [3.05, 3.63) is 86.8 Å². The van der Waals surface area contributed by atoms with Crippen LogP contribution in [-0.4, -0.2) is 30.3 Å². The molecule has 1 aliphatic carbocycles. The maximum absolute atomic E-state index is 12.3. The highest BCUT2D eigenvalue weighted by Gasteiger charge is 2.44. The standard InChI is InChI=1S/C25H23BrClNO4/c1-31-22-12-20(26)21(13-23(22)32-10-9-16-5-4-8-19(27)11-16)28-25(24(29)30)14-17-6-2-3-7-18(17)15-25/h2-8,11-13,28H,9-10,14-15H2,1H3,(H,29,30). The third-order valence-corrected chi connectivity index (χ3v) is 6.57. The number of carbonyl (C=O) groups is 1. The lowest BCUT2D eigenvalue weighted by atomic mass is 9.95. The summed E-state index contributed by atoms with van der Waals surface area (Å²) in [6.45, 7) is 0.424. The molecular formula is C25H23BrClNO4. The van der Waals surface area contributed by atoms with Crippen LogP contribution in [0.15, 0.2) is 65.1 Å². The summed E-state index contributed by atoms with van der Waals surface area (Å²) in [6.07, 6.45) is 1.49. The van der Waals surface area contributed by atoms with E-state index in [0.717, 1.165) is 16.7 Å². The molecule has 0 unspecified atom stereocenters. The highest BCUT2D eigenvalue weighted by molar-refractivity contribution is 9.10. The van der Waals surface area contributed by atoms with Crippen LogP contribution in [-0.2, 0) is 24.1 Å². The Morgan fingerprint density at radius 1 is 1.09 bits per heavy atom. The van der Waals surface area contributed by atoms with Gasteiger partial charge in [-0.25, -0.2) is 4.79 Å². The molecule has 0 spiro atoms. The molecule has 3 aromatic carbocycles. The van der Waals surface area contributed by atoms with Crippen LogP contribution in [0.1, 0.15) is 16.7 Å². The maximum atomic E-state index is 12.3. The van der Waals surface area contributed by atoms with Crippen LogP contribution >= 0.6 is 27.5 Å². The molecule has 0 bridgehead atoms. The van der Waals surface area contributed by atoms with Gasteiger partial charge in [0.15, 0.2) is 11.5 Å². The number of nitrogens with one attached hydrogen (secondary N) is 1. The van der Waals surface area contributed by atoms with Crippen molar-refractivity contribution in [3.63, 3.8) is 0 Å². The molecule has 0 saturated heterocycles. The fraction of sp³-hybridized carbons (Fsp3) is 0.240. The smallest absolute Gasteiger partial charge is 0.330 e. The fourth-order valence-corrected chi connectivity index (χ4v) is 4.67. The molecule has 0 fully saturated rings. The number of ether oxygens (including phenoxy) is 2. The van der Waals surface area contributed by atoms with Crippen molar-refractivity contribution < 1.29 is 19.4 Å². The number of hydrogen-bond acceptors (Lipinski definition) is 4. The lowest BCUT2D eigenvalue weighted by Crippen LogP contribution is -2.47.